The number of aromatic nitrogens is 1. The van der Waals surface area contributed by atoms with E-state index in [-0.39, 0.29) is 6.79 Å². The summed E-state index contributed by atoms with van der Waals surface area (Å²) < 4.78 is 12.3. The van der Waals surface area contributed by atoms with Gasteiger partial charge in [-0.05, 0) is 24.3 Å². The molecule has 0 bridgehead atoms. The Labute approximate surface area is 132 Å². The fourth-order valence-corrected chi connectivity index (χ4v) is 2.81. The standard InChI is InChI=1S/C18H13NO4/c1-19-9-13(12-4-2-3-5-14(12)19)18(21)17(20)11-6-7-15-16(8-11)23-10-22-15/h2-9H,10H2,1H3. The van der Waals surface area contributed by atoms with Crippen LogP contribution in [-0.4, -0.2) is 22.9 Å². The van der Waals surface area contributed by atoms with E-state index in [2.05, 4.69) is 0 Å². The summed E-state index contributed by atoms with van der Waals surface area (Å²) in [4.78, 5) is 25.2. The highest BCUT2D eigenvalue weighted by Gasteiger charge is 2.24. The number of ketones is 2. The van der Waals surface area contributed by atoms with Gasteiger partial charge in [0.2, 0.25) is 18.4 Å². The van der Waals surface area contributed by atoms with Gasteiger partial charge in [-0.1, -0.05) is 18.2 Å². The Bertz CT molecular complexity index is 955. The number of rotatable bonds is 3. The third-order valence-corrected chi connectivity index (χ3v) is 3.98. The monoisotopic (exact) mass is 307 g/mol. The minimum Gasteiger partial charge on any atom is -0.454 e. The van der Waals surface area contributed by atoms with Crippen molar-refractivity contribution in [1.29, 1.82) is 0 Å². The maximum absolute atomic E-state index is 12.6. The van der Waals surface area contributed by atoms with E-state index in [1.807, 2.05) is 35.9 Å². The third-order valence-electron chi connectivity index (χ3n) is 3.98. The van der Waals surface area contributed by atoms with Crippen LogP contribution in [0.4, 0.5) is 0 Å². The smallest absolute Gasteiger partial charge is 0.235 e. The van der Waals surface area contributed by atoms with Gasteiger partial charge < -0.3 is 14.0 Å². The lowest BCUT2D eigenvalue weighted by molar-refractivity contribution is 0.0817. The van der Waals surface area contributed by atoms with Gasteiger partial charge in [-0.15, -0.1) is 0 Å². The van der Waals surface area contributed by atoms with Crippen molar-refractivity contribution in [2.75, 3.05) is 6.79 Å². The lowest BCUT2D eigenvalue weighted by atomic mass is 10.0. The number of ether oxygens (including phenoxy) is 2. The third kappa shape index (κ3) is 2.09. The van der Waals surface area contributed by atoms with Crippen molar-refractivity contribution in [1.82, 2.24) is 4.57 Å². The number of aryl methyl sites for hydroxylation is 1. The van der Waals surface area contributed by atoms with E-state index in [0.717, 1.165) is 10.9 Å². The average Bonchev–Trinajstić information content (AvgIpc) is 3.18. The molecule has 0 unspecified atom stereocenters. The molecule has 0 aliphatic carbocycles. The highest BCUT2D eigenvalue weighted by atomic mass is 16.7. The molecule has 0 atom stereocenters. The molecule has 0 spiro atoms. The number of carbonyl (C=O) groups is 2. The lowest BCUT2D eigenvalue weighted by Crippen LogP contribution is -2.14. The van der Waals surface area contributed by atoms with Crippen molar-refractivity contribution in [3.8, 4) is 11.5 Å². The molecule has 1 aliphatic rings. The molecular formula is C18H13NO4. The highest BCUT2D eigenvalue weighted by Crippen LogP contribution is 2.33. The van der Waals surface area contributed by atoms with Crippen molar-refractivity contribution in [2.24, 2.45) is 7.05 Å². The zero-order valence-electron chi connectivity index (χ0n) is 12.4. The Morgan fingerprint density at radius 2 is 1.78 bits per heavy atom. The second kappa shape index (κ2) is 4.98. The first kappa shape index (κ1) is 13.6. The van der Waals surface area contributed by atoms with Crippen molar-refractivity contribution >= 4 is 22.5 Å². The summed E-state index contributed by atoms with van der Waals surface area (Å²) in [6.07, 6.45) is 1.69. The van der Waals surface area contributed by atoms with Crippen LogP contribution in [0.15, 0.2) is 48.7 Å². The van der Waals surface area contributed by atoms with E-state index in [9.17, 15) is 9.59 Å². The number of benzene rings is 2. The quantitative estimate of drug-likeness (QED) is 0.551. The Morgan fingerprint density at radius 1 is 1.00 bits per heavy atom. The van der Waals surface area contributed by atoms with Crippen LogP contribution in [0, 0.1) is 0 Å². The van der Waals surface area contributed by atoms with Gasteiger partial charge in [-0.2, -0.15) is 0 Å². The van der Waals surface area contributed by atoms with Crippen molar-refractivity contribution < 1.29 is 19.1 Å². The molecule has 1 aliphatic heterocycles. The van der Waals surface area contributed by atoms with Crippen molar-refractivity contribution in [2.45, 2.75) is 0 Å². The molecule has 0 radical (unpaired) electrons. The van der Waals surface area contributed by atoms with Crippen LogP contribution in [-0.2, 0) is 7.05 Å². The van der Waals surface area contributed by atoms with Gasteiger partial charge >= 0.3 is 0 Å². The number of Topliss-reactive ketones (excluding diaryl/α,β-unsaturated/α-hetero) is 2. The summed E-state index contributed by atoms with van der Waals surface area (Å²) in [5.74, 6) is -0.0129. The molecule has 4 rings (SSSR count). The Kier molecular flexibility index (Phi) is 2.94. The van der Waals surface area contributed by atoms with Gasteiger partial charge in [-0.25, -0.2) is 0 Å². The largest absolute Gasteiger partial charge is 0.454 e. The molecule has 2 aromatic carbocycles. The minimum atomic E-state index is -0.556. The summed E-state index contributed by atoms with van der Waals surface area (Å²) >= 11 is 0. The number of para-hydroxylation sites is 1. The van der Waals surface area contributed by atoms with E-state index in [1.165, 1.54) is 0 Å². The fraction of sp³-hybridized carbons (Fsp3) is 0.111. The number of carbonyl (C=O) groups excluding carboxylic acids is 2. The van der Waals surface area contributed by atoms with E-state index in [1.54, 1.807) is 24.4 Å². The second-order valence-corrected chi connectivity index (χ2v) is 5.40. The van der Waals surface area contributed by atoms with Crippen LogP contribution in [0.1, 0.15) is 20.7 Å². The van der Waals surface area contributed by atoms with Crippen LogP contribution in [0.25, 0.3) is 10.9 Å². The summed E-state index contributed by atoms with van der Waals surface area (Å²) in [7, 11) is 1.85. The van der Waals surface area contributed by atoms with Crippen LogP contribution >= 0.6 is 0 Å². The van der Waals surface area contributed by atoms with Gasteiger partial charge in [0, 0.05) is 29.7 Å². The maximum Gasteiger partial charge on any atom is 0.235 e. The first-order valence-electron chi connectivity index (χ1n) is 7.18. The highest BCUT2D eigenvalue weighted by molar-refractivity contribution is 6.50. The van der Waals surface area contributed by atoms with Crippen LogP contribution in [0.3, 0.4) is 0 Å². The molecule has 0 N–H and O–H groups in total. The summed E-state index contributed by atoms with van der Waals surface area (Å²) in [6.45, 7) is 0.129. The van der Waals surface area contributed by atoms with Gasteiger partial charge in [0.1, 0.15) is 0 Å². The molecule has 0 saturated heterocycles. The Morgan fingerprint density at radius 3 is 2.65 bits per heavy atom. The molecule has 2 heterocycles. The zero-order valence-corrected chi connectivity index (χ0v) is 12.4. The van der Waals surface area contributed by atoms with Gasteiger partial charge in [0.15, 0.2) is 11.5 Å². The summed E-state index contributed by atoms with van der Waals surface area (Å²) in [5, 5.41) is 0.772. The van der Waals surface area contributed by atoms with Crippen molar-refractivity contribution in [3.05, 3.63) is 59.8 Å². The minimum absolute atomic E-state index is 0.129. The van der Waals surface area contributed by atoms with Gasteiger partial charge in [-0.3, -0.25) is 9.59 Å². The molecule has 5 heteroatoms. The molecule has 23 heavy (non-hydrogen) atoms. The van der Waals surface area contributed by atoms with Crippen LogP contribution < -0.4 is 9.47 Å². The van der Waals surface area contributed by atoms with Gasteiger partial charge in [0.05, 0.1) is 5.56 Å². The van der Waals surface area contributed by atoms with E-state index < -0.39 is 11.6 Å². The number of hydrogen-bond acceptors (Lipinski definition) is 4. The second-order valence-electron chi connectivity index (χ2n) is 5.40. The molecule has 0 saturated carbocycles. The first-order valence-corrected chi connectivity index (χ1v) is 7.18. The molecule has 0 amide bonds. The molecule has 0 fully saturated rings. The molecule has 114 valence electrons. The summed E-state index contributed by atoms with van der Waals surface area (Å²) in [5.41, 5.74) is 1.62. The van der Waals surface area contributed by atoms with Crippen LogP contribution in [0.2, 0.25) is 0 Å². The molecule has 3 aromatic rings. The number of fused-ring (bicyclic) bond motifs is 2. The van der Waals surface area contributed by atoms with Crippen molar-refractivity contribution in [3.63, 3.8) is 0 Å². The average molecular weight is 307 g/mol. The normalized spacial score (nSPS) is 12.6. The first-order chi connectivity index (χ1) is 11.1. The topological polar surface area (TPSA) is 57.5 Å². The number of hydrogen-bond donors (Lipinski definition) is 0. The fourth-order valence-electron chi connectivity index (χ4n) is 2.81. The lowest BCUT2D eigenvalue weighted by Gasteiger charge is -2.01. The Balaban J connectivity index is 1.74. The summed E-state index contributed by atoms with van der Waals surface area (Å²) in [6, 6.07) is 12.3. The predicted octanol–water partition coefficient (Wildman–Crippen LogP) is 2.97. The molecule has 5 nitrogen and oxygen atoms in total. The molecular weight excluding hydrogens is 294 g/mol. The van der Waals surface area contributed by atoms with E-state index >= 15 is 0 Å². The number of nitrogens with zero attached hydrogens (tertiary/aromatic N) is 1. The Hall–Kier alpha value is -3.08. The van der Waals surface area contributed by atoms with Crippen LogP contribution in [0.5, 0.6) is 11.5 Å². The zero-order chi connectivity index (χ0) is 16.0. The maximum atomic E-state index is 12.6. The van der Waals surface area contributed by atoms with E-state index in [4.69, 9.17) is 9.47 Å². The predicted molar refractivity (Wildman–Crippen MR) is 84.1 cm³/mol. The van der Waals surface area contributed by atoms with E-state index in [0.29, 0.717) is 22.6 Å². The van der Waals surface area contributed by atoms with Gasteiger partial charge in [0.25, 0.3) is 0 Å². The molecule has 1 aromatic heterocycles. The SMILES string of the molecule is Cn1cc(C(=O)C(=O)c2ccc3c(c2)OCO3)c2ccccc21.